The molecular formula is C27H64O2. The fourth-order valence-electron chi connectivity index (χ4n) is 0.454. The number of hydrogen-bond donors (Lipinski definition) is 1. The van der Waals surface area contributed by atoms with E-state index in [0.717, 1.165) is 0 Å². The summed E-state index contributed by atoms with van der Waals surface area (Å²) in [5.74, 6) is -0.725. The van der Waals surface area contributed by atoms with E-state index in [-0.39, 0.29) is 19.3 Å². The van der Waals surface area contributed by atoms with Crippen LogP contribution in [0.1, 0.15) is 145 Å². The zero-order valence-corrected chi connectivity index (χ0v) is 23.6. The SMILES string of the molecule is C.CC(C)(C)C.CC(C)(C)C.CC(C)(C)C.CC(C)(C)C.CC(C)(C)CC(=O)O. The summed E-state index contributed by atoms with van der Waals surface area (Å²) in [5.41, 5.74) is 1.92. The van der Waals surface area contributed by atoms with Gasteiger partial charge in [0.1, 0.15) is 0 Å². The van der Waals surface area contributed by atoms with E-state index in [0.29, 0.717) is 21.7 Å². The minimum atomic E-state index is -0.725. The van der Waals surface area contributed by atoms with Crippen molar-refractivity contribution in [3.63, 3.8) is 0 Å². The molecule has 0 aliphatic rings. The second-order valence-electron chi connectivity index (χ2n) is 15.1. The van der Waals surface area contributed by atoms with Crippen LogP contribution in [-0.2, 0) is 4.79 Å². The highest BCUT2D eigenvalue weighted by Crippen LogP contribution is 2.17. The Labute approximate surface area is 188 Å². The minimum Gasteiger partial charge on any atom is -0.481 e. The molecule has 0 bridgehead atoms. The molecule has 0 saturated carbocycles. The van der Waals surface area contributed by atoms with Gasteiger partial charge >= 0.3 is 5.97 Å². The van der Waals surface area contributed by atoms with Gasteiger partial charge in [-0.15, -0.1) is 0 Å². The van der Waals surface area contributed by atoms with Crippen LogP contribution in [0.5, 0.6) is 0 Å². The quantitative estimate of drug-likeness (QED) is 0.458. The molecule has 0 atom stereocenters. The van der Waals surface area contributed by atoms with Gasteiger partial charge in [-0.05, 0) is 27.1 Å². The first-order valence-corrected chi connectivity index (χ1v) is 10.6. The normalized spacial score (nSPS) is 11.4. The van der Waals surface area contributed by atoms with Gasteiger partial charge in [-0.25, -0.2) is 0 Å². The first kappa shape index (κ1) is 42.5. The summed E-state index contributed by atoms with van der Waals surface area (Å²) >= 11 is 0. The van der Waals surface area contributed by atoms with Gasteiger partial charge < -0.3 is 5.11 Å². The molecule has 0 heterocycles. The highest BCUT2D eigenvalue weighted by molar-refractivity contribution is 5.67. The molecule has 0 amide bonds. The maximum absolute atomic E-state index is 10.0. The Morgan fingerprint density at radius 2 is 0.586 bits per heavy atom. The molecule has 0 aromatic rings. The molecule has 0 aliphatic carbocycles. The average Bonchev–Trinajstić information content (AvgIpc) is 1.97. The molecule has 0 aliphatic heterocycles. The highest BCUT2D eigenvalue weighted by atomic mass is 16.4. The molecule has 0 fully saturated rings. The van der Waals surface area contributed by atoms with Crippen molar-refractivity contribution in [3.8, 4) is 0 Å². The first-order chi connectivity index (χ1) is 11.4. The Bertz CT molecular complexity index is 272. The Balaban J connectivity index is -0.0000000575. The van der Waals surface area contributed by atoms with Crippen LogP contribution in [0.3, 0.4) is 0 Å². The largest absolute Gasteiger partial charge is 0.481 e. The van der Waals surface area contributed by atoms with Crippen molar-refractivity contribution < 1.29 is 9.90 Å². The van der Waals surface area contributed by atoms with Gasteiger partial charge in [0, 0.05) is 0 Å². The van der Waals surface area contributed by atoms with E-state index in [1.54, 1.807) is 0 Å². The second kappa shape index (κ2) is 17.2. The third kappa shape index (κ3) is 892. The number of hydrogen-bond acceptors (Lipinski definition) is 1. The summed E-state index contributed by atoms with van der Waals surface area (Å²) in [7, 11) is 0. The third-order valence-corrected chi connectivity index (χ3v) is 0.682. The molecule has 0 rings (SSSR count). The van der Waals surface area contributed by atoms with Gasteiger partial charge in [0.2, 0.25) is 0 Å². The van der Waals surface area contributed by atoms with Crippen LogP contribution in [0.15, 0.2) is 0 Å². The number of aliphatic carboxylic acids is 1. The van der Waals surface area contributed by atoms with Gasteiger partial charge in [-0.1, -0.05) is 139 Å². The Kier molecular flexibility index (Phi) is 25.2. The lowest BCUT2D eigenvalue weighted by atomic mass is 9.93. The van der Waals surface area contributed by atoms with Crippen molar-refractivity contribution in [2.75, 3.05) is 0 Å². The summed E-state index contributed by atoms with van der Waals surface area (Å²) in [4.78, 5) is 10.0. The molecule has 1 N–H and O–H groups in total. The van der Waals surface area contributed by atoms with Gasteiger partial charge in [0.15, 0.2) is 0 Å². The molecule has 0 aromatic heterocycles. The molecule has 0 unspecified atom stereocenters. The first-order valence-electron chi connectivity index (χ1n) is 10.6. The van der Waals surface area contributed by atoms with Crippen molar-refractivity contribution in [2.24, 2.45) is 27.1 Å². The second-order valence-corrected chi connectivity index (χ2v) is 15.1. The predicted molar refractivity (Wildman–Crippen MR) is 139 cm³/mol. The van der Waals surface area contributed by atoms with E-state index in [4.69, 9.17) is 5.11 Å². The van der Waals surface area contributed by atoms with E-state index < -0.39 is 5.97 Å². The summed E-state index contributed by atoms with van der Waals surface area (Å²) in [6.45, 7) is 40.7. The number of carboxylic acid groups (broad SMARTS) is 1. The van der Waals surface area contributed by atoms with Gasteiger partial charge in [0.05, 0.1) is 6.42 Å². The van der Waals surface area contributed by atoms with Crippen LogP contribution >= 0.6 is 0 Å². The Hall–Kier alpha value is -0.530. The summed E-state index contributed by atoms with van der Waals surface area (Å²) in [6, 6.07) is 0. The number of rotatable bonds is 1. The van der Waals surface area contributed by atoms with Gasteiger partial charge in [-0.2, -0.15) is 0 Å². The maximum atomic E-state index is 10.0. The molecule has 0 radical (unpaired) electrons. The van der Waals surface area contributed by atoms with Gasteiger partial charge in [0.25, 0.3) is 0 Å². The van der Waals surface area contributed by atoms with Crippen LogP contribution in [0.25, 0.3) is 0 Å². The van der Waals surface area contributed by atoms with Crippen LogP contribution in [0.2, 0.25) is 0 Å². The fraction of sp³-hybridized carbons (Fsp3) is 0.963. The van der Waals surface area contributed by atoms with E-state index in [2.05, 4.69) is 111 Å². The van der Waals surface area contributed by atoms with Gasteiger partial charge in [-0.3, -0.25) is 4.79 Å². The van der Waals surface area contributed by atoms with Crippen molar-refractivity contribution in [1.29, 1.82) is 0 Å². The predicted octanol–water partition coefficient (Wildman–Crippen LogP) is 10.4. The minimum absolute atomic E-state index is 0. The lowest BCUT2D eigenvalue weighted by Gasteiger charge is -2.13. The van der Waals surface area contributed by atoms with E-state index in [1.807, 2.05) is 20.8 Å². The van der Waals surface area contributed by atoms with E-state index in [1.165, 1.54) is 0 Å². The molecule has 0 spiro atoms. The monoisotopic (exact) mass is 420 g/mol. The van der Waals surface area contributed by atoms with E-state index in [9.17, 15) is 4.79 Å². The molecular weight excluding hydrogens is 356 g/mol. The van der Waals surface area contributed by atoms with E-state index >= 15 is 0 Å². The molecule has 29 heavy (non-hydrogen) atoms. The summed E-state index contributed by atoms with van der Waals surface area (Å²) in [6.07, 6.45) is 0.243. The zero-order valence-electron chi connectivity index (χ0n) is 23.6. The van der Waals surface area contributed by atoms with Crippen molar-refractivity contribution in [1.82, 2.24) is 0 Å². The van der Waals surface area contributed by atoms with Crippen LogP contribution in [0, 0.1) is 27.1 Å². The number of carboxylic acids is 1. The van der Waals surface area contributed by atoms with Crippen LogP contribution in [0.4, 0.5) is 0 Å². The topological polar surface area (TPSA) is 37.3 Å². The fourth-order valence-corrected chi connectivity index (χ4v) is 0.454. The van der Waals surface area contributed by atoms with Crippen molar-refractivity contribution >= 4 is 5.97 Å². The third-order valence-electron chi connectivity index (χ3n) is 0.682. The Morgan fingerprint density at radius 3 is 0.586 bits per heavy atom. The average molecular weight is 421 g/mol. The zero-order chi connectivity index (χ0) is 24.8. The molecule has 0 aromatic carbocycles. The van der Waals surface area contributed by atoms with Crippen LogP contribution < -0.4 is 0 Å². The summed E-state index contributed by atoms with van der Waals surface area (Å²) in [5, 5.41) is 8.25. The van der Waals surface area contributed by atoms with Crippen molar-refractivity contribution in [3.05, 3.63) is 0 Å². The molecule has 0 saturated heterocycles. The molecule has 2 heteroatoms. The van der Waals surface area contributed by atoms with Crippen molar-refractivity contribution in [2.45, 2.75) is 145 Å². The smallest absolute Gasteiger partial charge is 0.303 e. The maximum Gasteiger partial charge on any atom is 0.303 e. The highest BCUT2D eigenvalue weighted by Gasteiger charge is 2.13. The lowest BCUT2D eigenvalue weighted by Crippen LogP contribution is -2.11. The molecule has 2 nitrogen and oxygen atoms in total. The van der Waals surface area contributed by atoms with Crippen LogP contribution in [-0.4, -0.2) is 11.1 Å². The summed E-state index contributed by atoms with van der Waals surface area (Å²) < 4.78 is 0. The Morgan fingerprint density at radius 1 is 0.483 bits per heavy atom. The molecule has 184 valence electrons. The standard InChI is InChI=1S/C6H12O2.4C5H12.CH4/c1-6(2,3)4-5(7)8;4*1-5(2,3)4;/h4H2,1-3H3,(H,7,8);4*1-4H3;1H4. The number of carbonyl (C=O) groups is 1. The lowest BCUT2D eigenvalue weighted by molar-refractivity contribution is -0.139.